The summed E-state index contributed by atoms with van der Waals surface area (Å²) in [6.45, 7) is 0. The van der Waals surface area contributed by atoms with E-state index >= 15 is 0 Å². The van der Waals surface area contributed by atoms with Crippen LogP contribution in [0.2, 0.25) is 5.02 Å². The molecule has 1 atom stereocenters. The number of aliphatic hydroxyl groups is 1. The summed E-state index contributed by atoms with van der Waals surface area (Å²) >= 11 is 5.95. The highest BCUT2D eigenvalue weighted by Gasteiger charge is 2.15. The fourth-order valence-corrected chi connectivity index (χ4v) is 2.19. The Bertz CT molecular complexity index is 572. The average molecular weight is 281 g/mol. The van der Waals surface area contributed by atoms with Crippen molar-refractivity contribution in [2.24, 2.45) is 0 Å². The van der Waals surface area contributed by atoms with Crippen LogP contribution in [0.15, 0.2) is 42.5 Å². The summed E-state index contributed by atoms with van der Waals surface area (Å²) in [5.41, 5.74) is 1.38. The van der Waals surface area contributed by atoms with Crippen molar-refractivity contribution >= 4 is 11.6 Å². The quantitative estimate of drug-likeness (QED) is 0.924. The standard InChI is InChI=1S/C15H14ClFO2/c1-19-15-5-3-2-4-12(15)14(18)8-10-6-7-11(17)9-13(10)16/h2-7,9,14,18H,8H2,1H3. The number of methoxy groups -OCH3 is 1. The molecule has 0 amide bonds. The largest absolute Gasteiger partial charge is 0.496 e. The molecular formula is C15H14ClFO2. The van der Waals surface area contributed by atoms with E-state index in [0.717, 1.165) is 0 Å². The van der Waals surface area contributed by atoms with E-state index in [-0.39, 0.29) is 5.82 Å². The van der Waals surface area contributed by atoms with E-state index in [4.69, 9.17) is 16.3 Å². The molecule has 100 valence electrons. The van der Waals surface area contributed by atoms with Crippen LogP contribution in [0.1, 0.15) is 17.2 Å². The highest BCUT2D eigenvalue weighted by molar-refractivity contribution is 6.31. The topological polar surface area (TPSA) is 29.5 Å². The molecule has 0 heterocycles. The molecule has 2 aromatic rings. The van der Waals surface area contributed by atoms with Crippen molar-refractivity contribution in [2.45, 2.75) is 12.5 Å². The van der Waals surface area contributed by atoms with Crippen LogP contribution in [-0.2, 0) is 6.42 Å². The predicted molar refractivity (Wildman–Crippen MR) is 73.1 cm³/mol. The molecule has 0 aromatic heterocycles. The lowest BCUT2D eigenvalue weighted by molar-refractivity contribution is 0.174. The maximum absolute atomic E-state index is 13.0. The summed E-state index contributed by atoms with van der Waals surface area (Å²) in [5, 5.41) is 10.6. The Morgan fingerprint density at radius 1 is 1.26 bits per heavy atom. The molecule has 0 spiro atoms. The fourth-order valence-electron chi connectivity index (χ4n) is 1.95. The van der Waals surface area contributed by atoms with Gasteiger partial charge in [-0.1, -0.05) is 35.9 Å². The molecule has 1 unspecified atom stereocenters. The Morgan fingerprint density at radius 3 is 2.68 bits per heavy atom. The molecule has 0 radical (unpaired) electrons. The smallest absolute Gasteiger partial charge is 0.124 e. The van der Waals surface area contributed by atoms with Crippen molar-refractivity contribution in [3.63, 3.8) is 0 Å². The van der Waals surface area contributed by atoms with E-state index in [1.54, 1.807) is 25.3 Å². The van der Waals surface area contributed by atoms with E-state index < -0.39 is 6.10 Å². The van der Waals surface area contributed by atoms with Crippen LogP contribution in [0.3, 0.4) is 0 Å². The summed E-state index contributed by atoms with van der Waals surface area (Å²) in [4.78, 5) is 0. The third-order valence-corrected chi connectivity index (χ3v) is 3.28. The van der Waals surface area contributed by atoms with Gasteiger partial charge in [-0.3, -0.25) is 0 Å². The zero-order valence-corrected chi connectivity index (χ0v) is 11.2. The second-order valence-electron chi connectivity index (χ2n) is 4.20. The Morgan fingerprint density at radius 2 is 2.00 bits per heavy atom. The average Bonchev–Trinajstić information content (AvgIpc) is 2.41. The van der Waals surface area contributed by atoms with Gasteiger partial charge in [0, 0.05) is 17.0 Å². The van der Waals surface area contributed by atoms with Crippen molar-refractivity contribution in [3.8, 4) is 5.75 Å². The van der Waals surface area contributed by atoms with Gasteiger partial charge in [-0.05, 0) is 23.8 Å². The van der Waals surface area contributed by atoms with Crippen LogP contribution in [0.5, 0.6) is 5.75 Å². The van der Waals surface area contributed by atoms with Crippen molar-refractivity contribution in [1.29, 1.82) is 0 Å². The van der Waals surface area contributed by atoms with E-state index in [2.05, 4.69) is 0 Å². The first-order chi connectivity index (χ1) is 9.11. The monoisotopic (exact) mass is 280 g/mol. The van der Waals surface area contributed by atoms with Crippen LogP contribution < -0.4 is 4.74 Å². The minimum absolute atomic E-state index is 0.305. The summed E-state index contributed by atoms with van der Waals surface area (Å²) < 4.78 is 18.2. The lowest BCUT2D eigenvalue weighted by atomic mass is 10.0. The number of ether oxygens (including phenoxy) is 1. The molecule has 0 saturated carbocycles. The van der Waals surface area contributed by atoms with E-state index in [9.17, 15) is 9.50 Å². The molecule has 0 bridgehead atoms. The van der Waals surface area contributed by atoms with Crippen LogP contribution in [0.4, 0.5) is 4.39 Å². The first-order valence-electron chi connectivity index (χ1n) is 5.86. The van der Waals surface area contributed by atoms with Gasteiger partial charge in [0.05, 0.1) is 13.2 Å². The summed E-state index contributed by atoms with van der Waals surface area (Å²) in [7, 11) is 1.55. The number of halogens is 2. The van der Waals surface area contributed by atoms with E-state index in [1.165, 1.54) is 12.1 Å². The molecular weight excluding hydrogens is 267 g/mol. The van der Waals surface area contributed by atoms with Crippen molar-refractivity contribution in [1.82, 2.24) is 0 Å². The van der Waals surface area contributed by atoms with Crippen LogP contribution in [0.25, 0.3) is 0 Å². The van der Waals surface area contributed by atoms with Gasteiger partial charge in [0.2, 0.25) is 0 Å². The highest BCUT2D eigenvalue weighted by atomic mass is 35.5. The number of hydrogen-bond acceptors (Lipinski definition) is 2. The molecule has 0 saturated heterocycles. The molecule has 0 aliphatic carbocycles. The molecule has 19 heavy (non-hydrogen) atoms. The predicted octanol–water partition coefficient (Wildman–Crippen LogP) is 3.76. The second kappa shape index (κ2) is 6.04. The molecule has 4 heteroatoms. The highest BCUT2D eigenvalue weighted by Crippen LogP contribution is 2.29. The zero-order chi connectivity index (χ0) is 13.8. The lowest BCUT2D eigenvalue weighted by Crippen LogP contribution is -2.04. The minimum atomic E-state index is -0.751. The maximum Gasteiger partial charge on any atom is 0.124 e. The van der Waals surface area contributed by atoms with Gasteiger partial charge in [-0.2, -0.15) is 0 Å². The van der Waals surface area contributed by atoms with Crippen LogP contribution >= 0.6 is 11.6 Å². The Kier molecular flexibility index (Phi) is 4.40. The van der Waals surface area contributed by atoms with Crippen molar-refractivity contribution in [2.75, 3.05) is 7.11 Å². The van der Waals surface area contributed by atoms with Crippen LogP contribution in [-0.4, -0.2) is 12.2 Å². The molecule has 0 fully saturated rings. The van der Waals surface area contributed by atoms with Gasteiger partial charge in [0.1, 0.15) is 11.6 Å². The SMILES string of the molecule is COc1ccccc1C(O)Cc1ccc(F)cc1Cl. The molecule has 0 aliphatic rings. The normalized spacial score (nSPS) is 12.2. The third-order valence-electron chi connectivity index (χ3n) is 2.93. The van der Waals surface area contributed by atoms with Gasteiger partial charge in [0.15, 0.2) is 0 Å². The van der Waals surface area contributed by atoms with E-state index in [1.807, 2.05) is 12.1 Å². The zero-order valence-electron chi connectivity index (χ0n) is 10.4. The first-order valence-corrected chi connectivity index (χ1v) is 6.24. The maximum atomic E-state index is 13.0. The summed E-state index contributed by atoms with van der Waals surface area (Å²) in [5.74, 6) is 0.230. The Hall–Kier alpha value is -1.58. The fraction of sp³-hybridized carbons (Fsp3) is 0.200. The Labute approximate surface area is 116 Å². The summed E-state index contributed by atoms with van der Waals surface area (Å²) in [6, 6.07) is 11.4. The first kappa shape index (κ1) is 13.8. The number of hydrogen-bond donors (Lipinski definition) is 1. The lowest BCUT2D eigenvalue weighted by Gasteiger charge is -2.15. The number of para-hydroxylation sites is 1. The molecule has 0 aliphatic heterocycles. The molecule has 2 aromatic carbocycles. The number of aliphatic hydroxyl groups excluding tert-OH is 1. The second-order valence-corrected chi connectivity index (χ2v) is 4.60. The third kappa shape index (κ3) is 3.25. The molecule has 2 nitrogen and oxygen atoms in total. The van der Waals surface area contributed by atoms with Crippen molar-refractivity contribution < 1.29 is 14.2 Å². The number of rotatable bonds is 4. The van der Waals surface area contributed by atoms with Gasteiger partial charge >= 0.3 is 0 Å². The van der Waals surface area contributed by atoms with E-state index in [0.29, 0.717) is 28.3 Å². The molecule has 2 rings (SSSR count). The summed E-state index contributed by atoms with van der Waals surface area (Å²) in [6.07, 6.45) is -0.446. The van der Waals surface area contributed by atoms with Gasteiger partial charge in [0.25, 0.3) is 0 Å². The van der Waals surface area contributed by atoms with Gasteiger partial charge in [-0.25, -0.2) is 4.39 Å². The Balaban J connectivity index is 2.23. The molecule has 1 N–H and O–H groups in total. The van der Waals surface area contributed by atoms with Gasteiger partial charge < -0.3 is 9.84 Å². The number of benzene rings is 2. The van der Waals surface area contributed by atoms with Crippen LogP contribution in [0, 0.1) is 5.82 Å². The van der Waals surface area contributed by atoms with Gasteiger partial charge in [-0.15, -0.1) is 0 Å². The van der Waals surface area contributed by atoms with Crippen molar-refractivity contribution in [3.05, 3.63) is 64.4 Å². The minimum Gasteiger partial charge on any atom is -0.496 e.